The molecule has 98 valence electrons. The minimum absolute atomic E-state index is 0.382. The molecule has 1 heterocycles. The van der Waals surface area contributed by atoms with Gasteiger partial charge in [-0.2, -0.15) is 5.26 Å². The lowest BCUT2D eigenvalue weighted by atomic mass is 10.1. The van der Waals surface area contributed by atoms with Crippen molar-refractivity contribution in [1.29, 1.82) is 5.26 Å². The molecule has 4 nitrogen and oxygen atoms in total. The van der Waals surface area contributed by atoms with Crippen molar-refractivity contribution in [3.63, 3.8) is 0 Å². The van der Waals surface area contributed by atoms with Gasteiger partial charge in [-0.05, 0) is 37.0 Å². The van der Waals surface area contributed by atoms with E-state index in [2.05, 4.69) is 30.2 Å². The molecule has 0 radical (unpaired) electrons. The summed E-state index contributed by atoms with van der Waals surface area (Å²) in [6, 6.07) is 7.71. The van der Waals surface area contributed by atoms with Gasteiger partial charge in [0.05, 0.1) is 11.4 Å². The fraction of sp³-hybridized carbons (Fsp3) is 0.357. The lowest BCUT2D eigenvalue weighted by Crippen LogP contribution is -2.08. The van der Waals surface area contributed by atoms with E-state index >= 15 is 0 Å². The minimum atomic E-state index is 0.382. The number of aromatic nitrogens is 3. The lowest BCUT2D eigenvalue weighted by Gasteiger charge is -2.11. The molecule has 5 heteroatoms. The Morgan fingerprint density at radius 3 is 2.79 bits per heavy atom. The predicted octanol–water partition coefficient (Wildman–Crippen LogP) is 3.30. The maximum absolute atomic E-state index is 9.12. The van der Waals surface area contributed by atoms with Crippen LogP contribution in [0.5, 0.6) is 0 Å². The summed E-state index contributed by atoms with van der Waals surface area (Å²) < 4.78 is 1.72. The molecule has 0 bridgehead atoms. The third kappa shape index (κ3) is 2.77. The largest absolute Gasteiger partial charge is 0.216 e. The normalized spacial score (nSPS) is 10.7. The molecule has 0 N–H and O–H groups in total. The summed E-state index contributed by atoms with van der Waals surface area (Å²) in [6.45, 7) is 6.19. The number of hydrogen-bond acceptors (Lipinski definition) is 3. The molecular formula is C14H15ClN4. The molecule has 19 heavy (non-hydrogen) atoms. The SMILES string of the molecule is Cc1ccc(Cl)cc1-n1nnc(C#N)c1CC(C)C. The first-order chi connectivity index (χ1) is 9.02. The van der Waals surface area contributed by atoms with Gasteiger partial charge in [0.1, 0.15) is 6.07 Å². The fourth-order valence-corrected chi connectivity index (χ4v) is 2.13. The van der Waals surface area contributed by atoms with Crippen LogP contribution in [0.4, 0.5) is 0 Å². The summed E-state index contributed by atoms with van der Waals surface area (Å²) in [5, 5.41) is 17.8. The van der Waals surface area contributed by atoms with Crippen molar-refractivity contribution in [2.75, 3.05) is 0 Å². The quantitative estimate of drug-likeness (QED) is 0.863. The van der Waals surface area contributed by atoms with Crippen LogP contribution in [0.15, 0.2) is 18.2 Å². The van der Waals surface area contributed by atoms with Gasteiger partial charge in [0.2, 0.25) is 0 Å². The van der Waals surface area contributed by atoms with E-state index in [1.165, 1.54) is 0 Å². The highest BCUT2D eigenvalue weighted by molar-refractivity contribution is 6.30. The number of aryl methyl sites for hydroxylation is 1. The predicted molar refractivity (Wildman–Crippen MR) is 74.4 cm³/mol. The van der Waals surface area contributed by atoms with Crippen molar-refractivity contribution in [3.05, 3.63) is 40.2 Å². The van der Waals surface area contributed by atoms with Crippen LogP contribution >= 0.6 is 11.6 Å². The van der Waals surface area contributed by atoms with Crippen LogP contribution in [-0.4, -0.2) is 15.0 Å². The van der Waals surface area contributed by atoms with E-state index in [1.807, 2.05) is 25.1 Å². The molecule has 1 aromatic carbocycles. The van der Waals surface area contributed by atoms with Gasteiger partial charge >= 0.3 is 0 Å². The molecule has 0 spiro atoms. The van der Waals surface area contributed by atoms with Crippen LogP contribution in [0.2, 0.25) is 5.02 Å². The molecule has 0 atom stereocenters. The Balaban J connectivity index is 2.59. The van der Waals surface area contributed by atoms with E-state index in [0.29, 0.717) is 16.6 Å². The van der Waals surface area contributed by atoms with E-state index in [0.717, 1.165) is 23.4 Å². The number of nitriles is 1. The number of halogens is 1. The topological polar surface area (TPSA) is 54.5 Å². The Bertz CT molecular complexity index is 637. The second-order valence-electron chi connectivity index (χ2n) is 4.94. The molecule has 0 amide bonds. The highest BCUT2D eigenvalue weighted by Crippen LogP contribution is 2.22. The van der Waals surface area contributed by atoms with Crippen molar-refractivity contribution in [2.24, 2.45) is 5.92 Å². The lowest BCUT2D eigenvalue weighted by molar-refractivity contribution is 0.613. The molecule has 0 saturated carbocycles. The average molecular weight is 275 g/mol. The van der Waals surface area contributed by atoms with E-state index in [9.17, 15) is 0 Å². The second-order valence-corrected chi connectivity index (χ2v) is 5.37. The van der Waals surface area contributed by atoms with E-state index < -0.39 is 0 Å². The van der Waals surface area contributed by atoms with Crippen molar-refractivity contribution in [2.45, 2.75) is 27.2 Å². The Morgan fingerprint density at radius 2 is 2.16 bits per heavy atom. The van der Waals surface area contributed by atoms with Crippen molar-refractivity contribution in [1.82, 2.24) is 15.0 Å². The van der Waals surface area contributed by atoms with E-state index in [1.54, 1.807) is 4.68 Å². The maximum Gasteiger partial charge on any atom is 0.186 e. The van der Waals surface area contributed by atoms with Gasteiger partial charge in [0, 0.05) is 5.02 Å². The molecule has 0 aliphatic heterocycles. The van der Waals surface area contributed by atoms with Crippen LogP contribution in [0, 0.1) is 24.2 Å². The van der Waals surface area contributed by atoms with Gasteiger partial charge in [-0.15, -0.1) is 5.10 Å². The Hall–Kier alpha value is -1.86. The first kappa shape index (κ1) is 13.6. The summed E-state index contributed by atoms with van der Waals surface area (Å²) in [4.78, 5) is 0. The van der Waals surface area contributed by atoms with E-state index in [4.69, 9.17) is 16.9 Å². The molecule has 0 saturated heterocycles. The molecule has 2 rings (SSSR count). The zero-order chi connectivity index (χ0) is 14.0. The van der Waals surface area contributed by atoms with Gasteiger partial charge in [-0.3, -0.25) is 0 Å². The van der Waals surface area contributed by atoms with Crippen LogP contribution in [0.1, 0.15) is 30.8 Å². The van der Waals surface area contributed by atoms with Crippen LogP contribution in [-0.2, 0) is 6.42 Å². The number of nitrogens with zero attached hydrogens (tertiary/aromatic N) is 4. The Kier molecular flexibility index (Phi) is 3.87. The third-order valence-electron chi connectivity index (χ3n) is 2.87. The average Bonchev–Trinajstić information content (AvgIpc) is 2.74. The first-order valence-corrected chi connectivity index (χ1v) is 6.52. The zero-order valence-electron chi connectivity index (χ0n) is 11.2. The molecular weight excluding hydrogens is 260 g/mol. The highest BCUT2D eigenvalue weighted by atomic mass is 35.5. The first-order valence-electron chi connectivity index (χ1n) is 6.14. The second kappa shape index (κ2) is 5.41. The Morgan fingerprint density at radius 1 is 1.42 bits per heavy atom. The molecule has 0 aliphatic rings. The smallest absolute Gasteiger partial charge is 0.186 e. The van der Waals surface area contributed by atoms with Crippen molar-refractivity contribution < 1.29 is 0 Å². The molecule has 0 fully saturated rings. The zero-order valence-corrected chi connectivity index (χ0v) is 11.9. The van der Waals surface area contributed by atoms with Crippen molar-refractivity contribution >= 4 is 11.6 Å². The standard InChI is InChI=1S/C14H15ClN4/c1-9(2)6-14-12(8-16)17-18-19(14)13-7-11(15)5-4-10(13)3/h4-5,7,9H,6H2,1-3H3. The number of rotatable bonds is 3. The number of hydrogen-bond donors (Lipinski definition) is 0. The summed E-state index contributed by atoms with van der Waals surface area (Å²) >= 11 is 6.04. The molecule has 2 aromatic rings. The summed E-state index contributed by atoms with van der Waals surface area (Å²) in [5.74, 6) is 0.420. The molecule has 1 aromatic heterocycles. The molecule has 0 unspecified atom stereocenters. The van der Waals surface area contributed by atoms with Crippen LogP contribution in [0.3, 0.4) is 0 Å². The van der Waals surface area contributed by atoms with Crippen molar-refractivity contribution in [3.8, 4) is 11.8 Å². The van der Waals surface area contributed by atoms with E-state index in [-0.39, 0.29) is 0 Å². The van der Waals surface area contributed by atoms with Crippen LogP contribution in [0.25, 0.3) is 5.69 Å². The monoisotopic (exact) mass is 274 g/mol. The summed E-state index contributed by atoms with van der Waals surface area (Å²) in [5.41, 5.74) is 3.14. The van der Waals surface area contributed by atoms with Gasteiger partial charge in [-0.1, -0.05) is 36.7 Å². The van der Waals surface area contributed by atoms with Gasteiger partial charge in [-0.25, -0.2) is 4.68 Å². The molecule has 0 aliphatic carbocycles. The summed E-state index contributed by atoms with van der Waals surface area (Å²) in [7, 11) is 0. The van der Waals surface area contributed by atoms with Gasteiger partial charge < -0.3 is 0 Å². The minimum Gasteiger partial charge on any atom is -0.216 e. The van der Waals surface area contributed by atoms with Gasteiger partial charge in [0.15, 0.2) is 5.69 Å². The summed E-state index contributed by atoms with van der Waals surface area (Å²) in [6.07, 6.45) is 0.752. The Labute approximate surface area is 117 Å². The maximum atomic E-state index is 9.12. The van der Waals surface area contributed by atoms with Gasteiger partial charge in [0.25, 0.3) is 0 Å². The van der Waals surface area contributed by atoms with Crippen LogP contribution < -0.4 is 0 Å². The third-order valence-corrected chi connectivity index (χ3v) is 3.11. The number of benzene rings is 1. The fourth-order valence-electron chi connectivity index (χ4n) is 1.96. The highest BCUT2D eigenvalue weighted by Gasteiger charge is 2.16.